The van der Waals surface area contributed by atoms with Crippen LogP contribution >= 0.6 is 7.82 Å². The molecule has 62 heavy (non-hydrogen) atoms. The number of phosphoric ester groups is 1. The van der Waals surface area contributed by atoms with Crippen LogP contribution in [0.4, 0.5) is 0 Å². The minimum atomic E-state index is -4.44. The van der Waals surface area contributed by atoms with E-state index >= 15 is 0 Å². The van der Waals surface area contributed by atoms with Crippen LogP contribution in [0.1, 0.15) is 200 Å². The Bertz CT molecular complexity index is 1290. The average Bonchev–Trinajstić information content (AvgIpc) is 3.26. The number of aliphatic hydroxyl groups is 1. The second kappa shape index (κ2) is 47.7. The second-order valence-electron chi connectivity index (χ2n) is 16.0. The molecule has 10 heteroatoms. The van der Waals surface area contributed by atoms with Crippen molar-refractivity contribution in [1.82, 2.24) is 5.32 Å². The second-order valence-corrected chi connectivity index (χ2v) is 17.5. The van der Waals surface area contributed by atoms with Gasteiger partial charge in [0.15, 0.2) is 0 Å². The lowest BCUT2D eigenvalue weighted by atomic mass is 10.1. The van der Waals surface area contributed by atoms with Crippen LogP contribution in [-0.4, -0.2) is 54.3 Å². The van der Waals surface area contributed by atoms with Crippen LogP contribution in [0.15, 0.2) is 85.1 Å². The van der Waals surface area contributed by atoms with Crippen LogP contribution in [0.3, 0.4) is 0 Å². The summed E-state index contributed by atoms with van der Waals surface area (Å²) in [6, 6.07) is 0. The summed E-state index contributed by atoms with van der Waals surface area (Å²) >= 11 is 0. The van der Waals surface area contributed by atoms with Gasteiger partial charge in [-0.3, -0.25) is 18.6 Å². The summed E-state index contributed by atoms with van der Waals surface area (Å²) in [6.45, 7) is 3.40. The number of amides is 1. The monoisotopic (exact) mass is 888 g/mol. The third-order valence-corrected chi connectivity index (χ3v) is 11.0. The number of aliphatic hydroxyl groups excluding tert-OH is 1. The minimum absolute atomic E-state index is 0.0621. The fraction of sp³-hybridized carbons (Fsp3) is 0.692. The molecular weight excluding hydrogens is 798 g/mol. The smallest absolute Gasteiger partial charge is 0.463 e. The van der Waals surface area contributed by atoms with E-state index in [0.29, 0.717) is 6.42 Å². The van der Waals surface area contributed by atoms with Gasteiger partial charge in [0.2, 0.25) is 5.91 Å². The van der Waals surface area contributed by atoms with Crippen LogP contribution in [0.5, 0.6) is 0 Å². The van der Waals surface area contributed by atoms with Crippen LogP contribution in [0.25, 0.3) is 0 Å². The van der Waals surface area contributed by atoms with Crippen molar-refractivity contribution in [2.45, 2.75) is 206 Å². The summed E-state index contributed by atoms with van der Waals surface area (Å²) in [5, 5.41) is 12.7. The molecule has 0 aromatic carbocycles. The summed E-state index contributed by atoms with van der Waals surface area (Å²) in [6.07, 6.45) is 60.9. The van der Waals surface area contributed by atoms with Crippen molar-refractivity contribution in [3.8, 4) is 0 Å². The van der Waals surface area contributed by atoms with Crippen LogP contribution in [-0.2, 0) is 27.9 Å². The highest BCUT2D eigenvalue weighted by Crippen LogP contribution is 2.42. The first-order valence-electron chi connectivity index (χ1n) is 24.6. The summed E-state index contributed by atoms with van der Waals surface area (Å²) in [5.74, 6) is -0.549. The first kappa shape index (κ1) is 59.2. The molecule has 0 aliphatic heterocycles. The zero-order valence-corrected chi connectivity index (χ0v) is 40.2. The highest BCUT2D eigenvalue weighted by atomic mass is 31.2. The zero-order valence-electron chi connectivity index (χ0n) is 39.3. The zero-order chi connectivity index (χ0) is 45.3. The van der Waals surface area contributed by atoms with E-state index < -0.39 is 26.5 Å². The lowest BCUT2D eigenvalue weighted by Crippen LogP contribution is -2.27. The van der Waals surface area contributed by atoms with E-state index in [4.69, 9.17) is 13.8 Å². The van der Waals surface area contributed by atoms with Crippen LogP contribution in [0, 0.1) is 0 Å². The molecule has 0 heterocycles. The van der Waals surface area contributed by atoms with Gasteiger partial charge in [0, 0.05) is 19.4 Å². The lowest BCUT2D eigenvalue weighted by molar-refractivity contribution is -0.147. The number of phosphoric acid groups is 1. The summed E-state index contributed by atoms with van der Waals surface area (Å²) in [4.78, 5) is 34.0. The van der Waals surface area contributed by atoms with Gasteiger partial charge in [-0.15, -0.1) is 0 Å². The molecule has 0 aliphatic carbocycles. The molecule has 0 aromatic rings. The number of esters is 1. The largest absolute Gasteiger partial charge is 0.472 e. The van der Waals surface area contributed by atoms with E-state index in [0.717, 1.165) is 103 Å². The molecule has 0 rings (SSSR count). The molecule has 1 amide bonds. The van der Waals surface area contributed by atoms with Crippen molar-refractivity contribution >= 4 is 19.7 Å². The van der Waals surface area contributed by atoms with Crippen molar-refractivity contribution in [2.75, 3.05) is 26.4 Å². The number of allylic oxidation sites excluding steroid dienone is 14. The maximum atomic E-state index is 12.1. The van der Waals surface area contributed by atoms with E-state index in [1.165, 1.54) is 70.6 Å². The Morgan fingerprint density at radius 1 is 0.516 bits per heavy atom. The fourth-order valence-electron chi connectivity index (χ4n) is 6.38. The highest BCUT2D eigenvalue weighted by molar-refractivity contribution is 7.47. The SMILES string of the molecule is CC/C=C\C/C=C\C/C=C\C/C=C\C/C=C\C/C=C\CCCCCCC(=O)NCCOP(=O)(O)OCC(O)COC(=O)CCCCCCCCC/C=C\CCCCCCCCC. The van der Waals surface area contributed by atoms with Gasteiger partial charge in [0.05, 0.1) is 13.2 Å². The molecule has 0 aliphatic rings. The van der Waals surface area contributed by atoms with E-state index in [1.54, 1.807) is 0 Å². The number of carbonyl (C=O) groups is 2. The Kier molecular flexibility index (Phi) is 45.5. The Morgan fingerprint density at radius 3 is 1.40 bits per heavy atom. The standard InChI is InChI=1S/C52H90NO8P/c1-3-5-7-9-11-13-15-17-19-21-23-24-25-26-27-28-30-32-34-36-38-40-42-44-51(55)53-46-47-60-62(57,58)61-49-50(54)48-59-52(56)45-43-41-39-37-35-33-31-29-22-20-18-16-14-12-10-8-6-4-2/h5,7,11,13,17,19-20,22-24,26-27,30,32,50,54H,3-4,6,8-10,12,14-16,18,21,25,28-29,31,33-49H2,1-2H3,(H,53,55)(H,57,58)/b7-5-,13-11-,19-17-,22-20-,24-23-,27-26-,32-30-. The molecule has 0 radical (unpaired) electrons. The molecule has 0 saturated heterocycles. The fourth-order valence-corrected chi connectivity index (χ4v) is 7.14. The van der Waals surface area contributed by atoms with Crippen molar-refractivity contribution in [3.05, 3.63) is 85.1 Å². The van der Waals surface area contributed by atoms with E-state index in [1.807, 2.05) is 0 Å². The van der Waals surface area contributed by atoms with Gasteiger partial charge in [0.1, 0.15) is 12.7 Å². The van der Waals surface area contributed by atoms with Crippen LogP contribution in [0.2, 0.25) is 0 Å². The minimum Gasteiger partial charge on any atom is -0.463 e. The first-order chi connectivity index (χ1) is 30.3. The van der Waals surface area contributed by atoms with Crippen molar-refractivity contribution in [3.63, 3.8) is 0 Å². The maximum Gasteiger partial charge on any atom is 0.472 e. The number of nitrogens with one attached hydrogen (secondary N) is 1. The highest BCUT2D eigenvalue weighted by Gasteiger charge is 2.23. The Labute approximate surface area is 379 Å². The first-order valence-corrected chi connectivity index (χ1v) is 26.1. The van der Waals surface area contributed by atoms with E-state index in [2.05, 4.69) is 104 Å². The molecule has 3 N–H and O–H groups in total. The van der Waals surface area contributed by atoms with Crippen molar-refractivity contribution in [2.24, 2.45) is 0 Å². The van der Waals surface area contributed by atoms with Gasteiger partial charge >= 0.3 is 13.8 Å². The van der Waals surface area contributed by atoms with Crippen molar-refractivity contribution in [1.29, 1.82) is 0 Å². The number of hydrogen-bond donors (Lipinski definition) is 3. The Balaban J connectivity index is 3.65. The molecule has 9 nitrogen and oxygen atoms in total. The number of ether oxygens (including phenoxy) is 1. The number of rotatable bonds is 45. The molecule has 0 spiro atoms. The molecule has 2 atom stereocenters. The van der Waals surface area contributed by atoms with Crippen LogP contribution < -0.4 is 5.32 Å². The van der Waals surface area contributed by atoms with Gasteiger partial charge in [-0.2, -0.15) is 0 Å². The summed E-state index contributed by atoms with van der Waals surface area (Å²) < 4.78 is 26.9. The van der Waals surface area contributed by atoms with Gasteiger partial charge in [0.25, 0.3) is 0 Å². The van der Waals surface area contributed by atoms with Gasteiger partial charge < -0.3 is 20.1 Å². The number of carbonyl (C=O) groups excluding carboxylic acids is 2. The predicted molar refractivity (Wildman–Crippen MR) is 261 cm³/mol. The summed E-state index contributed by atoms with van der Waals surface area (Å²) in [5.41, 5.74) is 0. The van der Waals surface area contributed by atoms with Gasteiger partial charge in [-0.1, -0.05) is 182 Å². The molecule has 0 aromatic heterocycles. The average molecular weight is 888 g/mol. The number of unbranched alkanes of at least 4 members (excludes halogenated alkanes) is 18. The molecule has 356 valence electrons. The third kappa shape index (κ3) is 48.2. The van der Waals surface area contributed by atoms with Gasteiger partial charge in [-0.05, 0) is 89.9 Å². The quantitative estimate of drug-likeness (QED) is 0.0238. The van der Waals surface area contributed by atoms with Crippen molar-refractivity contribution < 1.29 is 37.9 Å². The lowest BCUT2D eigenvalue weighted by Gasteiger charge is -2.15. The molecule has 0 saturated carbocycles. The third-order valence-electron chi connectivity index (χ3n) is 10.1. The predicted octanol–water partition coefficient (Wildman–Crippen LogP) is 14.4. The molecule has 0 fully saturated rings. The Hall–Kier alpha value is -2.81. The normalized spacial score (nSPS) is 13.9. The van der Waals surface area contributed by atoms with E-state index in [-0.39, 0.29) is 32.1 Å². The number of hydrogen-bond acceptors (Lipinski definition) is 7. The molecular formula is C52H90NO8P. The summed E-state index contributed by atoms with van der Waals surface area (Å²) in [7, 11) is -4.44. The Morgan fingerprint density at radius 2 is 0.919 bits per heavy atom. The maximum absolute atomic E-state index is 12.1. The topological polar surface area (TPSA) is 131 Å². The van der Waals surface area contributed by atoms with E-state index in [9.17, 15) is 24.2 Å². The molecule has 2 unspecified atom stereocenters. The molecule has 0 bridgehead atoms. The van der Waals surface area contributed by atoms with Gasteiger partial charge in [-0.25, -0.2) is 4.57 Å².